The predicted molar refractivity (Wildman–Crippen MR) is 112 cm³/mol. The van der Waals surface area contributed by atoms with E-state index in [4.69, 9.17) is 9.47 Å². The number of ether oxygens (including phenoxy) is 2. The van der Waals surface area contributed by atoms with E-state index in [1.54, 1.807) is 13.8 Å². The Balaban J connectivity index is 2.04. The van der Waals surface area contributed by atoms with E-state index < -0.39 is 47.2 Å². The van der Waals surface area contributed by atoms with Crippen molar-refractivity contribution < 1.29 is 32.2 Å². The fourth-order valence-corrected chi connectivity index (χ4v) is 4.18. The quantitative estimate of drug-likeness (QED) is 0.601. The van der Waals surface area contributed by atoms with E-state index in [0.29, 0.717) is 19.6 Å². The van der Waals surface area contributed by atoms with Gasteiger partial charge in [0.1, 0.15) is 0 Å². The first kappa shape index (κ1) is 23.8. The number of benzene rings is 2. The number of carbonyl (C=O) groups is 2. The molecule has 5 nitrogen and oxygen atoms in total. The summed E-state index contributed by atoms with van der Waals surface area (Å²) >= 11 is 0. The van der Waals surface area contributed by atoms with Crippen molar-refractivity contribution in [3.63, 3.8) is 0 Å². The van der Waals surface area contributed by atoms with Gasteiger partial charge in [0, 0.05) is 25.6 Å². The van der Waals surface area contributed by atoms with Crippen LogP contribution in [0, 0.1) is 5.92 Å². The van der Waals surface area contributed by atoms with Crippen molar-refractivity contribution in [2.45, 2.75) is 38.6 Å². The Morgan fingerprint density at radius 3 is 2.34 bits per heavy atom. The predicted octanol–water partition coefficient (Wildman–Crippen LogP) is 4.66. The zero-order chi connectivity index (χ0) is 23.5. The summed E-state index contributed by atoms with van der Waals surface area (Å²) in [6, 6.07) is 13.2. The van der Waals surface area contributed by atoms with Crippen LogP contribution in [-0.2, 0) is 27.0 Å². The van der Waals surface area contributed by atoms with E-state index in [-0.39, 0.29) is 5.56 Å². The van der Waals surface area contributed by atoms with E-state index in [1.165, 1.54) is 19.2 Å². The van der Waals surface area contributed by atoms with Crippen molar-refractivity contribution in [1.82, 2.24) is 4.90 Å². The van der Waals surface area contributed by atoms with Gasteiger partial charge in [-0.2, -0.15) is 13.2 Å². The van der Waals surface area contributed by atoms with E-state index in [1.807, 2.05) is 35.2 Å². The second-order valence-corrected chi connectivity index (χ2v) is 8.14. The highest BCUT2D eigenvalue weighted by atomic mass is 19.4. The normalized spacial score (nSPS) is 19.2. The molecule has 1 fully saturated rings. The molecule has 2 aromatic rings. The number of rotatable bonds is 6. The maximum Gasteiger partial charge on any atom is 0.417 e. The standard InChI is InChI=1S/C24H26F3NO4/c1-15(2)32-23(30)21-17(10-7-11-20(21)24(25,26)27)18-13-28(14-19(18)22(29)31-3)12-16-8-5-4-6-9-16/h4-11,15,18-19H,12-14H2,1-3H3/t18-,19-/m0/s1. The number of carbonyl (C=O) groups excluding carboxylic acids is 2. The third kappa shape index (κ3) is 5.30. The first-order valence-corrected chi connectivity index (χ1v) is 10.4. The van der Waals surface area contributed by atoms with Gasteiger partial charge >= 0.3 is 18.1 Å². The van der Waals surface area contributed by atoms with Crippen molar-refractivity contribution in [3.05, 3.63) is 70.8 Å². The number of hydrogen-bond donors (Lipinski definition) is 0. The van der Waals surface area contributed by atoms with Gasteiger partial charge in [-0.05, 0) is 31.0 Å². The number of hydrogen-bond acceptors (Lipinski definition) is 5. The highest BCUT2D eigenvalue weighted by molar-refractivity contribution is 5.94. The number of likely N-dealkylation sites (tertiary alicyclic amines) is 1. The Bertz CT molecular complexity index is 959. The monoisotopic (exact) mass is 449 g/mol. The van der Waals surface area contributed by atoms with Crippen LogP contribution in [0.4, 0.5) is 13.2 Å². The Hall–Kier alpha value is -2.87. The lowest BCUT2D eigenvalue weighted by Gasteiger charge is -2.23. The fourth-order valence-electron chi connectivity index (χ4n) is 4.18. The van der Waals surface area contributed by atoms with Gasteiger partial charge in [-0.3, -0.25) is 9.69 Å². The van der Waals surface area contributed by atoms with Crippen LogP contribution in [0.1, 0.15) is 46.8 Å². The molecule has 0 N–H and O–H groups in total. The molecule has 2 aromatic carbocycles. The van der Waals surface area contributed by atoms with Crippen molar-refractivity contribution in [2.24, 2.45) is 5.92 Å². The van der Waals surface area contributed by atoms with Gasteiger partial charge in [0.2, 0.25) is 0 Å². The summed E-state index contributed by atoms with van der Waals surface area (Å²) in [4.78, 5) is 27.3. The Morgan fingerprint density at radius 1 is 1.06 bits per heavy atom. The summed E-state index contributed by atoms with van der Waals surface area (Å²) in [5, 5.41) is 0. The molecule has 1 heterocycles. The van der Waals surface area contributed by atoms with Gasteiger partial charge in [0.05, 0.1) is 30.3 Å². The molecular formula is C24H26F3NO4. The molecule has 2 atom stereocenters. The molecule has 1 saturated heterocycles. The summed E-state index contributed by atoms with van der Waals surface area (Å²) < 4.78 is 51.5. The van der Waals surface area contributed by atoms with Gasteiger partial charge in [-0.1, -0.05) is 42.5 Å². The maximum absolute atomic E-state index is 13.8. The largest absolute Gasteiger partial charge is 0.469 e. The summed E-state index contributed by atoms with van der Waals surface area (Å²) in [6.45, 7) is 4.28. The van der Waals surface area contributed by atoms with Gasteiger partial charge in [-0.15, -0.1) is 0 Å². The molecule has 1 aliphatic heterocycles. The molecule has 0 bridgehead atoms. The van der Waals surface area contributed by atoms with E-state index in [9.17, 15) is 22.8 Å². The summed E-state index contributed by atoms with van der Waals surface area (Å²) in [6.07, 6.45) is -5.34. The number of alkyl halides is 3. The number of esters is 2. The van der Waals surface area contributed by atoms with Gasteiger partial charge in [0.15, 0.2) is 0 Å². The van der Waals surface area contributed by atoms with Gasteiger partial charge in [-0.25, -0.2) is 4.79 Å². The van der Waals surface area contributed by atoms with Gasteiger partial charge in [0.25, 0.3) is 0 Å². The second-order valence-electron chi connectivity index (χ2n) is 8.14. The average molecular weight is 449 g/mol. The van der Waals surface area contributed by atoms with E-state index >= 15 is 0 Å². The van der Waals surface area contributed by atoms with Crippen molar-refractivity contribution in [1.29, 1.82) is 0 Å². The first-order chi connectivity index (χ1) is 15.1. The number of nitrogens with zero attached hydrogens (tertiary/aromatic N) is 1. The molecule has 1 aliphatic rings. The first-order valence-electron chi connectivity index (χ1n) is 10.4. The molecule has 8 heteroatoms. The van der Waals surface area contributed by atoms with Gasteiger partial charge < -0.3 is 9.47 Å². The average Bonchev–Trinajstić information content (AvgIpc) is 3.15. The molecule has 0 unspecified atom stereocenters. The lowest BCUT2D eigenvalue weighted by molar-refractivity contribution is -0.145. The molecule has 0 aromatic heterocycles. The summed E-state index contributed by atoms with van der Waals surface area (Å²) in [7, 11) is 1.25. The summed E-state index contributed by atoms with van der Waals surface area (Å²) in [5.41, 5.74) is -0.434. The van der Waals surface area contributed by atoms with Crippen LogP contribution in [-0.4, -0.2) is 43.1 Å². The van der Waals surface area contributed by atoms with Crippen LogP contribution in [0.3, 0.4) is 0 Å². The fraction of sp³-hybridized carbons (Fsp3) is 0.417. The highest BCUT2D eigenvalue weighted by Gasteiger charge is 2.44. The van der Waals surface area contributed by atoms with Crippen LogP contribution in [0.25, 0.3) is 0 Å². The van der Waals surface area contributed by atoms with Crippen LogP contribution in [0.2, 0.25) is 0 Å². The lowest BCUT2D eigenvalue weighted by atomic mass is 9.84. The highest BCUT2D eigenvalue weighted by Crippen LogP contribution is 2.41. The Morgan fingerprint density at radius 2 is 1.75 bits per heavy atom. The van der Waals surface area contributed by atoms with E-state index in [0.717, 1.165) is 11.6 Å². The third-order valence-electron chi connectivity index (χ3n) is 5.50. The SMILES string of the molecule is COC(=O)[C@H]1CN(Cc2ccccc2)C[C@H]1c1cccc(C(F)(F)F)c1C(=O)OC(C)C. The maximum atomic E-state index is 13.8. The minimum atomic E-state index is -4.75. The van der Waals surface area contributed by atoms with Crippen LogP contribution in [0.15, 0.2) is 48.5 Å². The zero-order valence-electron chi connectivity index (χ0n) is 18.2. The lowest BCUT2D eigenvalue weighted by Crippen LogP contribution is -2.26. The minimum absolute atomic E-state index is 0.149. The minimum Gasteiger partial charge on any atom is -0.469 e. The van der Waals surface area contributed by atoms with Crippen LogP contribution < -0.4 is 0 Å². The Kier molecular flexibility index (Phi) is 7.23. The van der Waals surface area contributed by atoms with Crippen LogP contribution >= 0.6 is 0 Å². The van der Waals surface area contributed by atoms with Crippen molar-refractivity contribution >= 4 is 11.9 Å². The molecular weight excluding hydrogens is 423 g/mol. The van der Waals surface area contributed by atoms with Crippen LogP contribution in [0.5, 0.6) is 0 Å². The molecule has 172 valence electrons. The molecule has 0 aliphatic carbocycles. The molecule has 3 rings (SSSR count). The third-order valence-corrected chi connectivity index (χ3v) is 5.50. The van der Waals surface area contributed by atoms with Crippen molar-refractivity contribution in [2.75, 3.05) is 20.2 Å². The molecule has 0 radical (unpaired) electrons. The Labute approximate surface area is 185 Å². The zero-order valence-corrected chi connectivity index (χ0v) is 18.2. The van der Waals surface area contributed by atoms with Crippen molar-refractivity contribution in [3.8, 4) is 0 Å². The topological polar surface area (TPSA) is 55.8 Å². The van der Waals surface area contributed by atoms with E-state index in [2.05, 4.69) is 0 Å². The number of halogens is 3. The molecule has 0 saturated carbocycles. The second kappa shape index (κ2) is 9.73. The number of methoxy groups -OCH3 is 1. The molecule has 32 heavy (non-hydrogen) atoms. The smallest absolute Gasteiger partial charge is 0.417 e. The summed E-state index contributed by atoms with van der Waals surface area (Å²) in [5.74, 6) is -2.93. The molecule has 0 amide bonds. The molecule has 0 spiro atoms.